The quantitative estimate of drug-likeness (QED) is 0.665. The molecule has 3 aromatic rings. The van der Waals surface area contributed by atoms with Crippen molar-refractivity contribution in [1.82, 2.24) is 0 Å². The van der Waals surface area contributed by atoms with Gasteiger partial charge in [0.25, 0.3) is 0 Å². The third kappa shape index (κ3) is 3.95. The molecule has 1 N–H and O–H groups in total. The number of fused-ring (bicyclic) bond motifs is 3. The van der Waals surface area contributed by atoms with Crippen LogP contribution in [0.4, 0.5) is 5.69 Å². The Hall–Kier alpha value is -3.50. The SMILES string of the molecule is COc1cccc2c1-c1ccc(NS(C)(=O)=O)cc1C(Cc1cccc(C#N)c1)O2. The van der Waals surface area contributed by atoms with Gasteiger partial charge < -0.3 is 9.47 Å². The van der Waals surface area contributed by atoms with Crippen LogP contribution in [0.3, 0.4) is 0 Å². The number of methoxy groups -OCH3 is 1. The molecule has 30 heavy (non-hydrogen) atoms. The van der Waals surface area contributed by atoms with Gasteiger partial charge in [-0.05, 0) is 47.5 Å². The molecule has 0 bridgehead atoms. The average Bonchev–Trinajstić information content (AvgIpc) is 2.72. The minimum absolute atomic E-state index is 0.352. The molecule has 0 aliphatic carbocycles. The molecule has 1 heterocycles. The van der Waals surface area contributed by atoms with Crippen molar-refractivity contribution in [3.8, 4) is 28.7 Å². The summed E-state index contributed by atoms with van der Waals surface area (Å²) in [5, 5.41) is 9.20. The van der Waals surface area contributed by atoms with E-state index in [1.165, 1.54) is 0 Å². The number of nitriles is 1. The first kappa shape index (κ1) is 19.8. The lowest BCUT2D eigenvalue weighted by Gasteiger charge is -2.30. The summed E-state index contributed by atoms with van der Waals surface area (Å²) in [5.41, 5.74) is 4.62. The number of anilines is 1. The Morgan fingerprint density at radius 3 is 2.67 bits per heavy atom. The van der Waals surface area contributed by atoms with E-state index in [0.717, 1.165) is 28.5 Å². The standard InChI is InChI=1S/C23H20N2O4S/c1-28-20-7-4-8-21-23(20)18-10-9-17(25-30(2,26)27)13-19(18)22(29-21)12-15-5-3-6-16(11-15)14-24/h3-11,13,22,25H,12H2,1-2H3. The first-order chi connectivity index (χ1) is 14.4. The zero-order valence-corrected chi connectivity index (χ0v) is 17.4. The minimum atomic E-state index is -3.41. The summed E-state index contributed by atoms with van der Waals surface area (Å²) in [5.74, 6) is 1.38. The molecular formula is C23H20N2O4S. The van der Waals surface area contributed by atoms with Gasteiger partial charge in [-0.1, -0.05) is 24.3 Å². The lowest BCUT2D eigenvalue weighted by molar-refractivity contribution is 0.202. The maximum absolute atomic E-state index is 11.7. The highest BCUT2D eigenvalue weighted by Gasteiger charge is 2.29. The number of nitrogens with one attached hydrogen (secondary N) is 1. The molecule has 1 aliphatic heterocycles. The van der Waals surface area contributed by atoms with Crippen molar-refractivity contribution in [2.24, 2.45) is 0 Å². The van der Waals surface area contributed by atoms with Crippen LogP contribution in [0.15, 0.2) is 60.7 Å². The third-order valence-electron chi connectivity index (χ3n) is 4.93. The highest BCUT2D eigenvalue weighted by molar-refractivity contribution is 7.92. The summed E-state index contributed by atoms with van der Waals surface area (Å²) in [4.78, 5) is 0. The van der Waals surface area contributed by atoms with Gasteiger partial charge in [-0.25, -0.2) is 8.42 Å². The van der Waals surface area contributed by atoms with E-state index in [-0.39, 0.29) is 6.10 Å². The zero-order valence-electron chi connectivity index (χ0n) is 16.5. The van der Waals surface area contributed by atoms with Crippen LogP contribution in [0.5, 0.6) is 11.5 Å². The second kappa shape index (κ2) is 7.73. The maximum Gasteiger partial charge on any atom is 0.229 e. The summed E-state index contributed by atoms with van der Waals surface area (Å²) in [6.07, 6.45) is 1.29. The Labute approximate surface area is 175 Å². The van der Waals surface area contributed by atoms with E-state index in [2.05, 4.69) is 10.8 Å². The molecule has 0 saturated carbocycles. The van der Waals surface area contributed by atoms with Gasteiger partial charge in [0.2, 0.25) is 10.0 Å². The number of nitrogens with zero attached hydrogens (tertiary/aromatic N) is 1. The summed E-state index contributed by atoms with van der Waals surface area (Å²) < 4.78 is 37.8. The van der Waals surface area contributed by atoms with E-state index in [1.807, 2.05) is 42.5 Å². The van der Waals surface area contributed by atoms with Crippen molar-refractivity contribution < 1.29 is 17.9 Å². The fourth-order valence-electron chi connectivity index (χ4n) is 3.73. The molecule has 0 saturated heterocycles. The molecule has 152 valence electrons. The van der Waals surface area contributed by atoms with Crippen LogP contribution in [0.2, 0.25) is 0 Å². The number of hydrogen-bond donors (Lipinski definition) is 1. The molecule has 1 unspecified atom stereocenters. The van der Waals surface area contributed by atoms with Crippen LogP contribution in [0, 0.1) is 11.3 Å². The van der Waals surface area contributed by atoms with Gasteiger partial charge >= 0.3 is 0 Å². The Kier molecular flexibility index (Phi) is 5.10. The van der Waals surface area contributed by atoms with Crippen LogP contribution in [-0.4, -0.2) is 21.8 Å². The van der Waals surface area contributed by atoms with Gasteiger partial charge in [0.05, 0.1) is 30.6 Å². The minimum Gasteiger partial charge on any atom is -0.496 e. The van der Waals surface area contributed by atoms with Crippen LogP contribution in [0.1, 0.15) is 22.8 Å². The molecule has 0 amide bonds. The predicted molar refractivity (Wildman–Crippen MR) is 115 cm³/mol. The van der Waals surface area contributed by atoms with Crippen molar-refractivity contribution in [1.29, 1.82) is 5.26 Å². The van der Waals surface area contributed by atoms with Crippen molar-refractivity contribution in [2.45, 2.75) is 12.5 Å². The van der Waals surface area contributed by atoms with E-state index in [1.54, 1.807) is 25.3 Å². The second-order valence-corrected chi connectivity index (χ2v) is 8.88. The molecule has 6 nitrogen and oxygen atoms in total. The lowest BCUT2D eigenvalue weighted by Crippen LogP contribution is -2.18. The smallest absolute Gasteiger partial charge is 0.229 e. The molecule has 0 aromatic heterocycles. The molecule has 1 atom stereocenters. The molecule has 0 radical (unpaired) electrons. The van der Waals surface area contributed by atoms with E-state index < -0.39 is 10.0 Å². The fraction of sp³-hybridized carbons (Fsp3) is 0.174. The normalized spacial score (nSPS) is 14.6. The summed E-state index contributed by atoms with van der Waals surface area (Å²) in [6, 6.07) is 20.6. The van der Waals surface area contributed by atoms with E-state index >= 15 is 0 Å². The van der Waals surface area contributed by atoms with Crippen molar-refractivity contribution in [3.63, 3.8) is 0 Å². The molecule has 0 spiro atoms. The van der Waals surface area contributed by atoms with Crippen LogP contribution < -0.4 is 14.2 Å². The van der Waals surface area contributed by atoms with Crippen LogP contribution >= 0.6 is 0 Å². The first-order valence-corrected chi connectivity index (χ1v) is 11.2. The average molecular weight is 420 g/mol. The third-order valence-corrected chi connectivity index (χ3v) is 5.53. The number of ether oxygens (including phenoxy) is 2. The summed E-state index contributed by atoms with van der Waals surface area (Å²) >= 11 is 0. The van der Waals surface area contributed by atoms with Gasteiger partial charge in [-0.15, -0.1) is 0 Å². The van der Waals surface area contributed by atoms with Gasteiger partial charge in [-0.3, -0.25) is 4.72 Å². The lowest BCUT2D eigenvalue weighted by atomic mass is 9.89. The highest BCUT2D eigenvalue weighted by atomic mass is 32.2. The molecule has 3 aromatic carbocycles. The summed E-state index contributed by atoms with van der Waals surface area (Å²) in [6.45, 7) is 0. The number of rotatable bonds is 5. The zero-order chi connectivity index (χ0) is 21.3. The van der Waals surface area contributed by atoms with E-state index in [0.29, 0.717) is 29.2 Å². The maximum atomic E-state index is 11.7. The molecule has 4 rings (SSSR count). The predicted octanol–water partition coefficient (Wildman–Crippen LogP) is 4.28. The Bertz CT molecular complexity index is 1260. The van der Waals surface area contributed by atoms with Gasteiger partial charge in [0.1, 0.15) is 17.6 Å². The van der Waals surface area contributed by atoms with E-state index in [9.17, 15) is 13.7 Å². The number of hydrogen-bond acceptors (Lipinski definition) is 5. The Morgan fingerprint density at radius 1 is 1.13 bits per heavy atom. The second-order valence-electron chi connectivity index (χ2n) is 7.13. The Balaban J connectivity index is 1.83. The largest absolute Gasteiger partial charge is 0.496 e. The van der Waals surface area contributed by atoms with Gasteiger partial charge in [-0.2, -0.15) is 5.26 Å². The van der Waals surface area contributed by atoms with Crippen molar-refractivity contribution in [3.05, 3.63) is 77.4 Å². The van der Waals surface area contributed by atoms with Gasteiger partial charge in [0.15, 0.2) is 0 Å². The monoisotopic (exact) mass is 420 g/mol. The molecule has 0 fully saturated rings. The highest BCUT2D eigenvalue weighted by Crippen LogP contribution is 2.48. The number of sulfonamides is 1. The number of benzene rings is 3. The molecule has 1 aliphatic rings. The molecule has 7 heteroatoms. The van der Waals surface area contributed by atoms with Crippen LogP contribution in [-0.2, 0) is 16.4 Å². The van der Waals surface area contributed by atoms with Crippen molar-refractivity contribution >= 4 is 15.7 Å². The Morgan fingerprint density at radius 2 is 1.93 bits per heavy atom. The van der Waals surface area contributed by atoms with Crippen LogP contribution in [0.25, 0.3) is 11.1 Å². The van der Waals surface area contributed by atoms with Crippen molar-refractivity contribution in [2.75, 3.05) is 18.1 Å². The molecular weight excluding hydrogens is 400 g/mol. The summed E-state index contributed by atoms with van der Waals surface area (Å²) in [7, 11) is -1.81. The van der Waals surface area contributed by atoms with E-state index in [4.69, 9.17) is 9.47 Å². The topological polar surface area (TPSA) is 88.4 Å². The van der Waals surface area contributed by atoms with Gasteiger partial charge in [0, 0.05) is 17.7 Å². The first-order valence-electron chi connectivity index (χ1n) is 9.33. The fourth-order valence-corrected chi connectivity index (χ4v) is 4.28.